The molecule has 1 aromatic heterocycles. The zero-order valence-corrected chi connectivity index (χ0v) is 15.8. The van der Waals surface area contributed by atoms with Gasteiger partial charge in [-0.1, -0.05) is 48.9 Å². The Balaban J connectivity index is 1.77. The molecule has 3 rings (SSSR count). The van der Waals surface area contributed by atoms with Crippen molar-refractivity contribution < 1.29 is 4.79 Å². The molecule has 0 radical (unpaired) electrons. The van der Waals surface area contributed by atoms with Crippen LogP contribution in [0.5, 0.6) is 0 Å². The molecule has 6 nitrogen and oxygen atoms in total. The fraction of sp³-hybridized carbons (Fsp3) is 0.200. The number of halogens is 1. The van der Waals surface area contributed by atoms with Crippen LogP contribution in [0.1, 0.15) is 18.1 Å². The van der Waals surface area contributed by atoms with Gasteiger partial charge in [0.2, 0.25) is 5.91 Å². The highest BCUT2D eigenvalue weighted by molar-refractivity contribution is 6.30. The van der Waals surface area contributed by atoms with Crippen LogP contribution in [0.25, 0.3) is 11.3 Å². The molecule has 0 saturated heterocycles. The predicted molar refractivity (Wildman–Crippen MR) is 106 cm³/mol. The van der Waals surface area contributed by atoms with E-state index in [-0.39, 0.29) is 12.5 Å². The molecule has 0 atom stereocenters. The summed E-state index contributed by atoms with van der Waals surface area (Å²) in [4.78, 5) is 28.6. The maximum Gasteiger partial charge on any atom is 0.365 e. The van der Waals surface area contributed by atoms with Gasteiger partial charge in [0.05, 0.1) is 11.9 Å². The van der Waals surface area contributed by atoms with E-state index < -0.39 is 5.69 Å². The molecule has 0 aliphatic carbocycles. The van der Waals surface area contributed by atoms with E-state index in [0.29, 0.717) is 10.7 Å². The quantitative estimate of drug-likeness (QED) is 0.733. The Morgan fingerprint density at radius 2 is 1.93 bits per heavy atom. The maximum absolute atomic E-state index is 12.4. The number of carbonyl (C=O) groups is 1. The lowest BCUT2D eigenvalue weighted by atomic mass is 10.1. The fourth-order valence-electron chi connectivity index (χ4n) is 2.75. The first-order valence-electron chi connectivity index (χ1n) is 8.56. The van der Waals surface area contributed by atoms with E-state index in [0.717, 1.165) is 33.5 Å². The number of anilines is 1. The Morgan fingerprint density at radius 1 is 1.19 bits per heavy atom. The number of hydrogen-bond donors (Lipinski definition) is 1. The maximum atomic E-state index is 12.4. The van der Waals surface area contributed by atoms with Crippen molar-refractivity contribution in [3.63, 3.8) is 0 Å². The molecule has 0 aliphatic rings. The molecule has 0 unspecified atom stereocenters. The van der Waals surface area contributed by atoms with Gasteiger partial charge in [0.15, 0.2) is 0 Å². The van der Waals surface area contributed by atoms with Crippen LogP contribution < -0.4 is 11.0 Å². The van der Waals surface area contributed by atoms with Gasteiger partial charge in [0.1, 0.15) is 6.54 Å². The van der Waals surface area contributed by atoms with Gasteiger partial charge in [0.25, 0.3) is 0 Å². The van der Waals surface area contributed by atoms with Crippen molar-refractivity contribution in [2.24, 2.45) is 0 Å². The van der Waals surface area contributed by atoms with Gasteiger partial charge in [-0.2, -0.15) is 10.1 Å². The fourth-order valence-corrected chi connectivity index (χ4v) is 2.87. The Kier molecular flexibility index (Phi) is 5.66. The van der Waals surface area contributed by atoms with E-state index in [1.54, 1.807) is 24.3 Å². The van der Waals surface area contributed by atoms with Crippen LogP contribution in [0.15, 0.2) is 53.5 Å². The SMILES string of the molecule is CCc1cccc(C)c1NC(=O)Cn1ncc(-c2ccc(Cl)cc2)nc1=O. The highest BCUT2D eigenvalue weighted by atomic mass is 35.5. The number of nitrogens with one attached hydrogen (secondary N) is 1. The molecule has 2 aromatic carbocycles. The Labute approximate surface area is 161 Å². The number of benzene rings is 2. The van der Waals surface area contributed by atoms with Crippen molar-refractivity contribution in [1.82, 2.24) is 14.8 Å². The molecule has 7 heteroatoms. The van der Waals surface area contributed by atoms with Crippen LogP contribution in [-0.4, -0.2) is 20.7 Å². The lowest BCUT2D eigenvalue weighted by Gasteiger charge is -2.13. The van der Waals surface area contributed by atoms with Crippen LogP contribution in [0.4, 0.5) is 5.69 Å². The van der Waals surface area contributed by atoms with Gasteiger partial charge < -0.3 is 5.32 Å². The van der Waals surface area contributed by atoms with Gasteiger partial charge in [-0.15, -0.1) is 0 Å². The van der Waals surface area contributed by atoms with Gasteiger partial charge in [0, 0.05) is 16.3 Å². The summed E-state index contributed by atoms with van der Waals surface area (Å²) in [5.41, 5.74) is 3.37. The average molecular weight is 383 g/mol. The minimum Gasteiger partial charge on any atom is -0.324 e. The molecule has 0 fully saturated rings. The zero-order chi connectivity index (χ0) is 19.4. The number of carbonyl (C=O) groups excluding carboxylic acids is 1. The van der Waals surface area contributed by atoms with Gasteiger partial charge in [-0.3, -0.25) is 4.79 Å². The molecule has 0 bridgehead atoms. The first kappa shape index (κ1) is 18.8. The summed E-state index contributed by atoms with van der Waals surface area (Å²) >= 11 is 5.87. The molecule has 0 saturated carbocycles. The summed E-state index contributed by atoms with van der Waals surface area (Å²) in [6.45, 7) is 3.75. The molecule has 27 heavy (non-hydrogen) atoms. The number of nitrogens with zero attached hydrogens (tertiary/aromatic N) is 3. The van der Waals surface area contributed by atoms with E-state index in [9.17, 15) is 9.59 Å². The van der Waals surface area contributed by atoms with Crippen LogP contribution in [0.2, 0.25) is 5.02 Å². The summed E-state index contributed by atoms with van der Waals surface area (Å²) in [6.07, 6.45) is 2.26. The van der Waals surface area contributed by atoms with Crippen molar-refractivity contribution in [1.29, 1.82) is 0 Å². The third-order valence-electron chi connectivity index (χ3n) is 4.19. The van der Waals surface area contributed by atoms with E-state index in [4.69, 9.17) is 11.6 Å². The van der Waals surface area contributed by atoms with Crippen LogP contribution in [0.3, 0.4) is 0 Å². The first-order chi connectivity index (χ1) is 13.0. The third-order valence-corrected chi connectivity index (χ3v) is 4.45. The van der Waals surface area contributed by atoms with Crippen LogP contribution >= 0.6 is 11.6 Å². The normalized spacial score (nSPS) is 10.6. The summed E-state index contributed by atoms with van der Waals surface area (Å²) in [6, 6.07) is 12.8. The predicted octanol–water partition coefficient (Wildman–Crippen LogP) is 3.47. The lowest BCUT2D eigenvalue weighted by molar-refractivity contribution is -0.117. The third kappa shape index (κ3) is 4.41. The van der Waals surface area contributed by atoms with E-state index >= 15 is 0 Å². The van der Waals surface area contributed by atoms with Crippen molar-refractivity contribution in [2.45, 2.75) is 26.8 Å². The van der Waals surface area contributed by atoms with Gasteiger partial charge in [-0.25, -0.2) is 9.48 Å². The molecule has 3 aromatic rings. The number of amides is 1. The molecule has 1 amide bonds. The summed E-state index contributed by atoms with van der Waals surface area (Å²) in [7, 11) is 0. The second kappa shape index (κ2) is 8.14. The second-order valence-corrected chi connectivity index (χ2v) is 6.54. The number of para-hydroxylation sites is 1. The zero-order valence-electron chi connectivity index (χ0n) is 15.1. The Hall–Kier alpha value is -2.99. The highest BCUT2D eigenvalue weighted by Crippen LogP contribution is 2.21. The minimum absolute atomic E-state index is 0.204. The largest absolute Gasteiger partial charge is 0.365 e. The lowest BCUT2D eigenvalue weighted by Crippen LogP contribution is -2.31. The molecule has 138 valence electrons. The van der Waals surface area contributed by atoms with Crippen molar-refractivity contribution in [3.8, 4) is 11.3 Å². The molecule has 0 aliphatic heterocycles. The van der Waals surface area contributed by atoms with Crippen LogP contribution in [-0.2, 0) is 17.8 Å². The van der Waals surface area contributed by atoms with Crippen molar-refractivity contribution in [2.75, 3.05) is 5.32 Å². The average Bonchev–Trinajstić information content (AvgIpc) is 2.65. The molecular weight excluding hydrogens is 364 g/mol. The van der Waals surface area contributed by atoms with Gasteiger partial charge >= 0.3 is 5.69 Å². The first-order valence-corrected chi connectivity index (χ1v) is 8.94. The summed E-state index contributed by atoms with van der Waals surface area (Å²) < 4.78 is 1.04. The molecular formula is C20H19ClN4O2. The highest BCUT2D eigenvalue weighted by Gasteiger charge is 2.12. The minimum atomic E-state index is -0.585. The number of hydrogen-bond acceptors (Lipinski definition) is 4. The molecule has 1 heterocycles. The summed E-state index contributed by atoms with van der Waals surface area (Å²) in [5, 5.41) is 7.55. The van der Waals surface area contributed by atoms with Crippen molar-refractivity contribution >= 4 is 23.2 Å². The monoisotopic (exact) mass is 382 g/mol. The van der Waals surface area contributed by atoms with E-state index in [1.807, 2.05) is 32.0 Å². The van der Waals surface area contributed by atoms with E-state index in [2.05, 4.69) is 15.4 Å². The van der Waals surface area contributed by atoms with E-state index in [1.165, 1.54) is 6.20 Å². The van der Waals surface area contributed by atoms with Gasteiger partial charge in [-0.05, 0) is 36.6 Å². The Bertz CT molecular complexity index is 1030. The number of aryl methyl sites for hydroxylation is 2. The molecule has 0 spiro atoms. The van der Waals surface area contributed by atoms with Crippen molar-refractivity contribution in [3.05, 3.63) is 75.3 Å². The smallest absolute Gasteiger partial charge is 0.324 e. The van der Waals surface area contributed by atoms with Crippen LogP contribution in [0, 0.1) is 6.92 Å². The second-order valence-electron chi connectivity index (χ2n) is 6.10. The molecule has 1 N–H and O–H groups in total. The Morgan fingerprint density at radius 3 is 2.59 bits per heavy atom. The summed E-state index contributed by atoms with van der Waals surface area (Å²) in [5.74, 6) is -0.324. The standard InChI is InChI=1S/C20H19ClN4O2/c1-3-14-6-4-5-13(2)19(14)24-18(26)12-25-20(27)23-17(11-22-25)15-7-9-16(21)10-8-15/h4-11H,3,12H2,1-2H3,(H,24,26). The number of aromatic nitrogens is 3. The number of rotatable bonds is 5. The topological polar surface area (TPSA) is 76.9 Å².